The fraction of sp³-hybridized carbons (Fsp3) is 0.773. The summed E-state index contributed by atoms with van der Waals surface area (Å²) in [6, 6.07) is 0. The van der Waals surface area contributed by atoms with E-state index in [1.165, 1.54) is 37.9 Å². The van der Waals surface area contributed by atoms with Crippen LogP contribution in [0.2, 0.25) is 0 Å². The number of hydrogen-bond donors (Lipinski definition) is 0. The van der Waals surface area contributed by atoms with E-state index in [0.717, 1.165) is 49.6 Å². The minimum atomic E-state index is -2.84. The monoisotopic (exact) mass is 829 g/mol. The lowest BCUT2D eigenvalue weighted by molar-refractivity contribution is -0.122. The Balaban J connectivity index is -0.000000310. The van der Waals surface area contributed by atoms with Gasteiger partial charge in [-0.25, -0.2) is 28.5 Å². The van der Waals surface area contributed by atoms with Gasteiger partial charge in [-0.1, -0.05) is 94.5 Å². The van der Waals surface area contributed by atoms with Crippen molar-refractivity contribution in [1.29, 1.82) is 0 Å². The van der Waals surface area contributed by atoms with Crippen molar-refractivity contribution in [1.82, 2.24) is 40.1 Å². The normalized spacial score (nSPS) is 19.2. The fourth-order valence-corrected chi connectivity index (χ4v) is 7.22. The quantitative estimate of drug-likeness (QED) is 0.272. The molecule has 4 aliphatic rings. The summed E-state index contributed by atoms with van der Waals surface area (Å²) in [6.07, 6.45) is 8.68. The Labute approximate surface area is 354 Å². The number of ketones is 2. The first kappa shape index (κ1) is 61.0. The number of hydrogen-bond acceptors (Lipinski definition) is 12. The molecule has 0 amide bonds. The van der Waals surface area contributed by atoms with Crippen LogP contribution in [0.4, 0.5) is 0 Å². The number of carbonyl (C=O) groups is 2. The highest BCUT2D eigenvalue weighted by Crippen LogP contribution is 2.14. The number of Topliss-reactive ketones (excluding diaryl/α,β-unsaturated/α-hetero) is 2. The Morgan fingerprint density at radius 1 is 0.421 bits per heavy atom. The second-order valence-electron chi connectivity index (χ2n) is 13.7. The van der Waals surface area contributed by atoms with Gasteiger partial charge in [-0.3, -0.25) is 9.59 Å². The molecule has 0 unspecified atom stereocenters. The first-order valence-electron chi connectivity index (χ1n) is 21.7. The van der Waals surface area contributed by atoms with E-state index >= 15 is 0 Å². The molecule has 0 bridgehead atoms. The van der Waals surface area contributed by atoms with Crippen molar-refractivity contribution in [2.75, 3.05) is 92.1 Å². The Hall–Kier alpha value is -2.71. The lowest BCUT2D eigenvalue weighted by Crippen LogP contribution is -2.40. The number of nitrogens with zero attached hydrogens (tertiary/aromatic N) is 8. The van der Waals surface area contributed by atoms with Gasteiger partial charge in [0.05, 0.1) is 24.6 Å². The molecular weight excluding hydrogens is 737 g/mol. The predicted octanol–water partition coefficient (Wildman–Crippen LogP) is 8.51. The molecule has 0 aromatic rings. The molecule has 12 nitrogen and oxygen atoms in total. The zero-order valence-electron chi connectivity index (χ0n) is 40.2. The molecule has 0 saturated carbocycles. The van der Waals surface area contributed by atoms with Gasteiger partial charge >= 0.3 is 0 Å². The highest BCUT2D eigenvalue weighted by Gasteiger charge is 2.22. The molecule has 0 radical (unpaired) electrons. The van der Waals surface area contributed by atoms with E-state index in [-0.39, 0.29) is 11.5 Å². The summed E-state index contributed by atoms with van der Waals surface area (Å²) in [4.78, 5) is 22.4. The van der Waals surface area contributed by atoms with Crippen LogP contribution < -0.4 is 0 Å². The van der Waals surface area contributed by atoms with Crippen LogP contribution in [0, 0.1) is 0 Å². The lowest BCUT2D eigenvalue weighted by atomic mass is 10.1. The van der Waals surface area contributed by atoms with E-state index in [4.69, 9.17) is 0 Å². The van der Waals surface area contributed by atoms with Gasteiger partial charge in [-0.15, -0.1) is 0 Å². The Morgan fingerprint density at radius 2 is 0.737 bits per heavy atom. The smallest absolute Gasteiger partial charge is 0.153 e. The molecule has 0 aliphatic carbocycles. The van der Waals surface area contributed by atoms with E-state index in [2.05, 4.69) is 60.3 Å². The van der Waals surface area contributed by atoms with Crippen molar-refractivity contribution >= 4 is 21.4 Å². The van der Waals surface area contributed by atoms with Gasteiger partial charge in [0.15, 0.2) is 15.6 Å². The molecule has 0 atom stereocenters. The maximum atomic E-state index is 11.3. The topological polar surface area (TPSA) is 94.2 Å². The number of allylic oxidation sites excluding steroid dienone is 4. The molecule has 4 rings (SSSR count). The second-order valence-corrected chi connectivity index (χ2v) is 16.0. The van der Waals surface area contributed by atoms with E-state index in [0.29, 0.717) is 50.6 Å². The molecule has 13 heteroatoms. The zero-order valence-corrected chi connectivity index (χ0v) is 41.0. The van der Waals surface area contributed by atoms with Crippen molar-refractivity contribution in [3.05, 3.63) is 49.1 Å². The minimum Gasteiger partial charge on any atom is -0.311 e. The zero-order chi connectivity index (χ0) is 45.3. The highest BCUT2D eigenvalue weighted by atomic mass is 32.2. The van der Waals surface area contributed by atoms with Crippen LogP contribution in [-0.4, -0.2) is 152 Å². The molecule has 4 fully saturated rings. The van der Waals surface area contributed by atoms with Gasteiger partial charge in [0.1, 0.15) is 5.78 Å². The standard InChI is InChI=1S/C10H20N2.2C9H16N2O.C8H16N2O2S.4C2H6/c1-10(2)12-9-7-5-4-6-8-11(12)3;1-8(2)11-6-4-5-9(12)7-10(11)3;1-8(2)11-7-9(12)5-4-6-10(11)3;1-8(2)10-5-7-13(11,12)6-4-9(10)3;4*1-2/h1,4-9H2,2-3H3;2*1,4-7H2,2-3H3;1,4-7H2,2-3H3;4*1-2H3. The van der Waals surface area contributed by atoms with Crippen LogP contribution in [0.25, 0.3) is 0 Å². The van der Waals surface area contributed by atoms with Crippen molar-refractivity contribution in [3.8, 4) is 0 Å². The number of likely N-dealkylation sites (N-methyl/N-ethyl adjacent to an activating group) is 1. The molecule has 0 spiro atoms. The second kappa shape index (κ2) is 36.4. The summed E-state index contributed by atoms with van der Waals surface area (Å²) < 4.78 is 22.6. The summed E-state index contributed by atoms with van der Waals surface area (Å²) >= 11 is 0. The average Bonchev–Trinajstić information content (AvgIpc) is 3.52. The van der Waals surface area contributed by atoms with E-state index in [1.807, 2.05) is 117 Å². The van der Waals surface area contributed by atoms with E-state index in [9.17, 15) is 18.0 Å². The number of carbonyl (C=O) groups excluding carboxylic acids is 2. The SMILES string of the molecule is C=C(C)N1CC(=O)CCCN1C.C=C(C)N1CCCC(=O)CN1C.C=C(C)N1CCCCCCN1C.C=C(C)N1CCS(=O)(=O)CCN1C.CC.CC.CC.CC. The molecule has 4 heterocycles. The molecule has 0 aromatic heterocycles. The number of sulfone groups is 1. The molecule has 0 aromatic carbocycles. The summed E-state index contributed by atoms with van der Waals surface area (Å²) in [7, 11) is 5.12. The molecule has 338 valence electrons. The van der Waals surface area contributed by atoms with Crippen LogP contribution in [-0.2, 0) is 19.4 Å². The van der Waals surface area contributed by atoms with Gasteiger partial charge in [0.25, 0.3) is 0 Å². The number of rotatable bonds is 4. The van der Waals surface area contributed by atoms with Gasteiger partial charge in [-0.2, -0.15) is 0 Å². The third-order valence-electron chi connectivity index (χ3n) is 8.85. The largest absolute Gasteiger partial charge is 0.311 e. The molecule has 4 saturated heterocycles. The van der Waals surface area contributed by atoms with Crippen molar-refractivity contribution in [3.63, 3.8) is 0 Å². The molecule has 0 N–H and O–H groups in total. The molecule has 57 heavy (non-hydrogen) atoms. The molecule has 4 aliphatic heterocycles. The highest BCUT2D eigenvalue weighted by molar-refractivity contribution is 7.91. The average molecular weight is 829 g/mol. The number of hydrazine groups is 4. The van der Waals surface area contributed by atoms with Crippen LogP contribution in [0.15, 0.2) is 49.1 Å². The maximum Gasteiger partial charge on any atom is 0.153 e. The van der Waals surface area contributed by atoms with Crippen LogP contribution in [0.3, 0.4) is 0 Å². The summed E-state index contributed by atoms with van der Waals surface area (Å²) in [5.41, 5.74) is 4.00. The maximum absolute atomic E-state index is 11.3. The lowest BCUT2D eigenvalue weighted by Gasteiger charge is -2.35. The molecular formula is C44H92N8O4S. The summed E-state index contributed by atoms with van der Waals surface area (Å²) in [6.45, 7) is 45.6. The summed E-state index contributed by atoms with van der Waals surface area (Å²) in [5, 5.41) is 16.4. The van der Waals surface area contributed by atoms with Gasteiger partial charge in [-0.05, 0) is 53.4 Å². The van der Waals surface area contributed by atoms with E-state index in [1.54, 1.807) is 0 Å². The Morgan fingerprint density at radius 3 is 1.21 bits per heavy atom. The Kier molecular flexibility index (Phi) is 38.9. The third-order valence-corrected chi connectivity index (χ3v) is 10.5. The van der Waals surface area contributed by atoms with Crippen molar-refractivity contribution in [2.45, 2.75) is 134 Å². The fourth-order valence-electron chi connectivity index (χ4n) is 6.02. The van der Waals surface area contributed by atoms with Gasteiger partial charge < -0.3 is 20.0 Å². The Bertz CT molecular complexity index is 1220. The van der Waals surface area contributed by atoms with Gasteiger partial charge in [0.2, 0.25) is 0 Å². The van der Waals surface area contributed by atoms with Crippen LogP contribution in [0.1, 0.15) is 134 Å². The van der Waals surface area contributed by atoms with Crippen LogP contribution >= 0.6 is 0 Å². The first-order valence-corrected chi connectivity index (χ1v) is 23.5. The summed E-state index contributed by atoms with van der Waals surface area (Å²) in [5.74, 6) is 1.10. The first-order chi connectivity index (χ1) is 26.9. The van der Waals surface area contributed by atoms with Crippen molar-refractivity contribution < 1.29 is 18.0 Å². The minimum absolute atomic E-state index is 0.226. The van der Waals surface area contributed by atoms with E-state index < -0.39 is 9.84 Å². The van der Waals surface area contributed by atoms with Crippen molar-refractivity contribution in [2.24, 2.45) is 0 Å². The predicted molar refractivity (Wildman–Crippen MR) is 248 cm³/mol. The third kappa shape index (κ3) is 28.4. The van der Waals surface area contributed by atoms with Gasteiger partial charge in [0, 0.05) is 103 Å². The van der Waals surface area contributed by atoms with Crippen LogP contribution in [0.5, 0.6) is 0 Å².